The molecule has 0 bridgehead atoms. The van der Waals surface area contributed by atoms with Crippen molar-refractivity contribution in [3.63, 3.8) is 0 Å². The third-order valence-electron chi connectivity index (χ3n) is 2.30. The van der Waals surface area contributed by atoms with Crippen LogP contribution < -0.4 is 0 Å². The zero-order chi connectivity index (χ0) is 10.2. The molecule has 0 N–H and O–H groups in total. The molecule has 0 aromatic rings. The van der Waals surface area contributed by atoms with Crippen LogP contribution in [0.3, 0.4) is 0 Å². The first-order valence-corrected chi connectivity index (χ1v) is 4.54. The number of hydrogen-bond donors (Lipinski definition) is 0. The van der Waals surface area contributed by atoms with Crippen molar-refractivity contribution in [2.75, 3.05) is 6.54 Å². The molecule has 1 rings (SSSR count). The van der Waals surface area contributed by atoms with Gasteiger partial charge in [-0.25, -0.2) is 0 Å². The third kappa shape index (κ3) is 1.67. The standard InChI is InChI=1S/C11H17NO/c1-6-9-8(2)7-12(10(9)13)11(3,4)5/h6H,2,7H2,1,3-5H3/b9-6+. The van der Waals surface area contributed by atoms with E-state index in [1.54, 1.807) is 0 Å². The number of nitrogens with zero attached hydrogens (tertiary/aromatic N) is 1. The van der Waals surface area contributed by atoms with Crippen molar-refractivity contribution in [1.82, 2.24) is 4.90 Å². The maximum absolute atomic E-state index is 11.8. The smallest absolute Gasteiger partial charge is 0.254 e. The molecule has 0 unspecified atom stereocenters. The predicted octanol–water partition coefficient (Wildman–Crippen LogP) is 2.13. The summed E-state index contributed by atoms with van der Waals surface area (Å²) >= 11 is 0. The lowest BCUT2D eigenvalue weighted by atomic mass is 10.1. The average molecular weight is 179 g/mol. The molecular weight excluding hydrogens is 162 g/mol. The highest BCUT2D eigenvalue weighted by atomic mass is 16.2. The minimum Gasteiger partial charge on any atom is -0.329 e. The van der Waals surface area contributed by atoms with E-state index in [-0.39, 0.29) is 11.4 Å². The van der Waals surface area contributed by atoms with Gasteiger partial charge in [0.1, 0.15) is 0 Å². The Morgan fingerprint density at radius 1 is 1.46 bits per heavy atom. The van der Waals surface area contributed by atoms with Crippen LogP contribution in [0.4, 0.5) is 0 Å². The number of likely N-dealkylation sites (tertiary alicyclic amines) is 1. The van der Waals surface area contributed by atoms with E-state index in [1.807, 2.05) is 38.7 Å². The third-order valence-corrected chi connectivity index (χ3v) is 2.30. The lowest BCUT2D eigenvalue weighted by Gasteiger charge is -2.31. The van der Waals surface area contributed by atoms with Gasteiger partial charge in [-0.05, 0) is 33.3 Å². The van der Waals surface area contributed by atoms with Gasteiger partial charge in [-0.3, -0.25) is 4.79 Å². The second kappa shape index (κ2) is 3.02. The van der Waals surface area contributed by atoms with Gasteiger partial charge in [-0.15, -0.1) is 0 Å². The molecule has 0 spiro atoms. The maximum atomic E-state index is 11.8. The van der Waals surface area contributed by atoms with Crippen LogP contribution in [0.5, 0.6) is 0 Å². The molecule has 1 amide bonds. The summed E-state index contributed by atoms with van der Waals surface area (Å²) in [4.78, 5) is 13.6. The van der Waals surface area contributed by atoms with E-state index in [0.717, 1.165) is 11.1 Å². The molecule has 1 fully saturated rings. The van der Waals surface area contributed by atoms with Crippen molar-refractivity contribution in [3.05, 3.63) is 23.8 Å². The van der Waals surface area contributed by atoms with Crippen molar-refractivity contribution < 1.29 is 4.79 Å². The summed E-state index contributed by atoms with van der Waals surface area (Å²) in [7, 11) is 0. The lowest BCUT2D eigenvalue weighted by molar-refractivity contribution is -0.128. The maximum Gasteiger partial charge on any atom is 0.254 e. The van der Waals surface area contributed by atoms with Gasteiger partial charge in [0.15, 0.2) is 0 Å². The molecule has 0 aromatic carbocycles. The van der Waals surface area contributed by atoms with Gasteiger partial charge in [0.25, 0.3) is 5.91 Å². The fourth-order valence-corrected chi connectivity index (χ4v) is 1.51. The Hall–Kier alpha value is -1.05. The van der Waals surface area contributed by atoms with Crippen LogP contribution in [0, 0.1) is 0 Å². The van der Waals surface area contributed by atoms with Crippen LogP contribution in [-0.2, 0) is 4.79 Å². The molecule has 72 valence electrons. The van der Waals surface area contributed by atoms with E-state index < -0.39 is 0 Å². The number of carbonyl (C=O) groups is 1. The summed E-state index contributed by atoms with van der Waals surface area (Å²) in [5, 5.41) is 0. The number of rotatable bonds is 0. The monoisotopic (exact) mass is 179 g/mol. The Labute approximate surface area is 79.9 Å². The fraction of sp³-hybridized carbons (Fsp3) is 0.545. The quantitative estimate of drug-likeness (QED) is 0.522. The summed E-state index contributed by atoms with van der Waals surface area (Å²) < 4.78 is 0. The molecule has 0 radical (unpaired) electrons. The molecule has 0 aromatic heterocycles. The summed E-state index contributed by atoms with van der Waals surface area (Å²) in [6.45, 7) is 12.6. The van der Waals surface area contributed by atoms with Crippen molar-refractivity contribution in [1.29, 1.82) is 0 Å². The molecule has 0 saturated carbocycles. The van der Waals surface area contributed by atoms with Gasteiger partial charge in [0, 0.05) is 17.7 Å². The Morgan fingerprint density at radius 3 is 2.23 bits per heavy atom. The van der Waals surface area contributed by atoms with Gasteiger partial charge >= 0.3 is 0 Å². The average Bonchev–Trinajstić information content (AvgIpc) is 2.25. The Bertz CT molecular complexity index is 281. The Balaban J connectivity index is 2.99. The first-order chi connectivity index (χ1) is 5.88. The highest BCUT2D eigenvalue weighted by Crippen LogP contribution is 2.28. The minimum atomic E-state index is -0.106. The molecular formula is C11H17NO. The van der Waals surface area contributed by atoms with Crippen LogP contribution >= 0.6 is 0 Å². The SMILES string of the molecule is C=C1CN(C(C)(C)C)C(=O)/C1=C/C. The molecule has 13 heavy (non-hydrogen) atoms. The molecule has 2 heteroatoms. The van der Waals surface area contributed by atoms with E-state index in [0.29, 0.717) is 6.54 Å². The molecule has 0 aliphatic carbocycles. The van der Waals surface area contributed by atoms with Crippen molar-refractivity contribution in [2.24, 2.45) is 0 Å². The fourth-order valence-electron chi connectivity index (χ4n) is 1.51. The summed E-state index contributed by atoms with van der Waals surface area (Å²) in [6.07, 6.45) is 1.84. The Morgan fingerprint density at radius 2 is 2.00 bits per heavy atom. The Kier molecular flexibility index (Phi) is 2.33. The van der Waals surface area contributed by atoms with Gasteiger partial charge in [0.2, 0.25) is 0 Å². The van der Waals surface area contributed by atoms with Crippen molar-refractivity contribution >= 4 is 5.91 Å². The number of allylic oxidation sites excluding steroid dienone is 1. The number of amides is 1. The van der Waals surface area contributed by atoms with Crippen LogP contribution in [0.1, 0.15) is 27.7 Å². The van der Waals surface area contributed by atoms with Crippen molar-refractivity contribution in [3.8, 4) is 0 Å². The summed E-state index contributed by atoms with van der Waals surface area (Å²) in [5.41, 5.74) is 1.60. The molecule has 1 heterocycles. The zero-order valence-electron chi connectivity index (χ0n) is 8.85. The highest BCUT2D eigenvalue weighted by Gasteiger charge is 2.35. The summed E-state index contributed by atoms with van der Waals surface area (Å²) in [6, 6.07) is 0. The predicted molar refractivity (Wildman–Crippen MR) is 54.4 cm³/mol. The second-order valence-corrected chi connectivity index (χ2v) is 4.37. The van der Waals surface area contributed by atoms with Crippen LogP contribution in [0.25, 0.3) is 0 Å². The largest absolute Gasteiger partial charge is 0.329 e. The first-order valence-electron chi connectivity index (χ1n) is 4.54. The normalized spacial score (nSPS) is 21.8. The van der Waals surface area contributed by atoms with Crippen molar-refractivity contribution in [2.45, 2.75) is 33.2 Å². The van der Waals surface area contributed by atoms with Crippen LogP contribution in [-0.4, -0.2) is 22.9 Å². The first kappa shape index (κ1) is 10.0. The van der Waals surface area contributed by atoms with E-state index in [2.05, 4.69) is 6.58 Å². The van der Waals surface area contributed by atoms with Gasteiger partial charge in [-0.2, -0.15) is 0 Å². The topological polar surface area (TPSA) is 20.3 Å². The molecule has 1 aliphatic rings. The molecule has 1 aliphatic heterocycles. The van der Waals surface area contributed by atoms with Crippen LogP contribution in [0.15, 0.2) is 23.8 Å². The van der Waals surface area contributed by atoms with Gasteiger partial charge in [-0.1, -0.05) is 12.7 Å². The van der Waals surface area contributed by atoms with E-state index >= 15 is 0 Å². The van der Waals surface area contributed by atoms with Crippen LogP contribution in [0.2, 0.25) is 0 Å². The van der Waals surface area contributed by atoms with Gasteiger partial charge in [0.05, 0.1) is 0 Å². The molecule has 1 saturated heterocycles. The number of carbonyl (C=O) groups excluding carboxylic acids is 1. The van der Waals surface area contributed by atoms with E-state index in [1.165, 1.54) is 0 Å². The molecule has 0 atom stereocenters. The van der Waals surface area contributed by atoms with Gasteiger partial charge < -0.3 is 4.90 Å². The summed E-state index contributed by atoms with van der Waals surface area (Å²) in [5.74, 6) is 0.111. The zero-order valence-corrected chi connectivity index (χ0v) is 8.85. The lowest BCUT2D eigenvalue weighted by Crippen LogP contribution is -2.42. The number of hydrogen-bond acceptors (Lipinski definition) is 1. The minimum absolute atomic E-state index is 0.106. The second-order valence-electron chi connectivity index (χ2n) is 4.37. The van der Waals surface area contributed by atoms with E-state index in [9.17, 15) is 4.79 Å². The van der Waals surface area contributed by atoms with E-state index in [4.69, 9.17) is 0 Å². The molecule has 2 nitrogen and oxygen atoms in total. The highest BCUT2D eigenvalue weighted by molar-refractivity contribution is 6.01.